The largest absolute Gasteiger partial charge is 0.370 e. The number of halogens is 1. The molecule has 0 atom stereocenters. The SMILES string of the molecule is CC1CCN(C(N)=NCc2cn3c(n2)CCCC3)CC1.I. The lowest BCUT2D eigenvalue weighted by Gasteiger charge is -2.30. The smallest absolute Gasteiger partial charge is 0.191 e. The molecule has 5 nitrogen and oxygen atoms in total. The first-order valence-corrected chi connectivity index (χ1v) is 7.82. The summed E-state index contributed by atoms with van der Waals surface area (Å²) in [5.41, 5.74) is 7.16. The average Bonchev–Trinajstić information content (AvgIpc) is 2.88. The molecule has 1 fully saturated rings. The van der Waals surface area contributed by atoms with Crippen molar-refractivity contribution in [2.45, 2.75) is 52.1 Å². The van der Waals surface area contributed by atoms with E-state index in [0.717, 1.165) is 37.7 Å². The molecule has 2 N–H and O–H groups in total. The molecule has 3 rings (SSSR count). The summed E-state index contributed by atoms with van der Waals surface area (Å²) in [5.74, 6) is 2.72. The molecule has 6 heteroatoms. The van der Waals surface area contributed by atoms with Crippen LogP contribution >= 0.6 is 24.0 Å². The summed E-state index contributed by atoms with van der Waals surface area (Å²) < 4.78 is 2.27. The maximum atomic E-state index is 6.11. The Morgan fingerprint density at radius 1 is 1.33 bits per heavy atom. The van der Waals surface area contributed by atoms with Crippen LogP contribution < -0.4 is 5.73 Å². The van der Waals surface area contributed by atoms with Gasteiger partial charge in [0.1, 0.15) is 5.82 Å². The van der Waals surface area contributed by atoms with Crippen molar-refractivity contribution in [2.24, 2.45) is 16.6 Å². The third-order valence-corrected chi connectivity index (χ3v) is 4.47. The summed E-state index contributed by atoms with van der Waals surface area (Å²) in [6.45, 7) is 6.09. The van der Waals surface area contributed by atoms with Gasteiger partial charge < -0.3 is 15.2 Å². The van der Waals surface area contributed by atoms with Gasteiger partial charge in [0.2, 0.25) is 0 Å². The number of hydrogen-bond donors (Lipinski definition) is 1. The van der Waals surface area contributed by atoms with Gasteiger partial charge >= 0.3 is 0 Å². The molecule has 0 saturated carbocycles. The fraction of sp³-hybridized carbons (Fsp3) is 0.733. The van der Waals surface area contributed by atoms with Crippen molar-refractivity contribution < 1.29 is 0 Å². The highest BCUT2D eigenvalue weighted by molar-refractivity contribution is 14.0. The molecule has 0 spiro atoms. The maximum absolute atomic E-state index is 6.11. The van der Waals surface area contributed by atoms with Gasteiger partial charge in [-0.05, 0) is 31.6 Å². The molecule has 0 unspecified atom stereocenters. The highest BCUT2D eigenvalue weighted by Crippen LogP contribution is 2.17. The van der Waals surface area contributed by atoms with Crippen molar-refractivity contribution >= 4 is 29.9 Å². The number of nitrogens with two attached hydrogens (primary N) is 1. The second kappa shape index (κ2) is 7.47. The van der Waals surface area contributed by atoms with Gasteiger partial charge in [0.15, 0.2) is 5.96 Å². The standard InChI is InChI=1S/C15H25N5.HI/c1-12-5-8-19(9-6-12)15(16)17-10-13-11-20-7-3-2-4-14(20)18-13;/h11-12H,2-10H2,1H3,(H2,16,17);1H. The van der Waals surface area contributed by atoms with Crippen LogP contribution in [-0.2, 0) is 19.5 Å². The minimum absolute atomic E-state index is 0. The highest BCUT2D eigenvalue weighted by atomic mass is 127. The molecular weight excluding hydrogens is 377 g/mol. The van der Waals surface area contributed by atoms with Crippen LogP contribution in [0.3, 0.4) is 0 Å². The lowest BCUT2D eigenvalue weighted by molar-refractivity contribution is 0.277. The average molecular weight is 403 g/mol. The summed E-state index contributed by atoms with van der Waals surface area (Å²) in [5, 5.41) is 0. The number of aromatic nitrogens is 2. The minimum Gasteiger partial charge on any atom is -0.370 e. The zero-order valence-electron chi connectivity index (χ0n) is 12.8. The van der Waals surface area contributed by atoms with Crippen molar-refractivity contribution in [1.82, 2.24) is 14.5 Å². The third-order valence-electron chi connectivity index (χ3n) is 4.47. The zero-order valence-corrected chi connectivity index (χ0v) is 15.1. The first-order valence-electron chi connectivity index (χ1n) is 7.82. The van der Waals surface area contributed by atoms with Crippen molar-refractivity contribution in [3.8, 4) is 0 Å². The number of aliphatic imine (C=N–C) groups is 1. The molecule has 1 aromatic heterocycles. The molecule has 0 aliphatic carbocycles. The molecule has 21 heavy (non-hydrogen) atoms. The van der Waals surface area contributed by atoms with Gasteiger partial charge in [0.05, 0.1) is 12.2 Å². The molecule has 0 radical (unpaired) electrons. The van der Waals surface area contributed by atoms with Gasteiger partial charge in [0, 0.05) is 32.3 Å². The number of hydrogen-bond acceptors (Lipinski definition) is 2. The summed E-state index contributed by atoms with van der Waals surface area (Å²) >= 11 is 0. The fourth-order valence-electron chi connectivity index (χ4n) is 3.05. The molecule has 1 aromatic rings. The Kier molecular flexibility index (Phi) is 5.89. The molecular formula is C15H26IN5. The van der Waals surface area contributed by atoms with Gasteiger partial charge in [-0.3, -0.25) is 0 Å². The second-order valence-corrected chi connectivity index (χ2v) is 6.14. The number of rotatable bonds is 2. The van der Waals surface area contributed by atoms with E-state index in [-0.39, 0.29) is 24.0 Å². The summed E-state index contributed by atoms with van der Waals surface area (Å²) in [6.07, 6.45) is 8.20. The topological polar surface area (TPSA) is 59.4 Å². The third kappa shape index (κ3) is 4.11. The van der Waals surface area contributed by atoms with Crippen molar-refractivity contribution in [1.29, 1.82) is 0 Å². The number of likely N-dealkylation sites (tertiary alicyclic amines) is 1. The Hall–Kier alpha value is -0.790. The molecule has 1 saturated heterocycles. The van der Waals surface area contributed by atoms with Gasteiger partial charge in [-0.15, -0.1) is 24.0 Å². The van der Waals surface area contributed by atoms with Gasteiger partial charge in [0.25, 0.3) is 0 Å². The van der Waals surface area contributed by atoms with E-state index in [0.29, 0.717) is 12.5 Å². The predicted molar refractivity (Wildman–Crippen MR) is 95.9 cm³/mol. The van der Waals surface area contributed by atoms with E-state index in [4.69, 9.17) is 5.73 Å². The molecule has 2 aliphatic heterocycles. The van der Waals surface area contributed by atoms with Crippen LogP contribution in [0.2, 0.25) is 0 Å². The summed E-state index contributed by atoms with van der Waals surface area (Å²) in [4.78, 5) is 11.4. The fourth-order valence-corrected chi connectivity index (χ4v) is 3.05. The number of nitrogens with zero attached hydrogens (tertiary/aromatic N) is 4. The van der Waals surface area contributed by atoms with Crippen LogP contribution in [-0.4, -0.2) is 33.5 Å². The van der Waals surface area contributed by atoms with E-state index in [1.54, 1.807) is 0 Å². The molecule has 0 amide bonds. The number of imidazole rings is 1. The van der Waals surface area contributed by atoms with Crippen LogP contribution in [0.15, 0.2) is 11.2 Å². The lowest BCUT2D eigenvalue weighted by Crippen LogP contribution is -2.42. The first kappa shape index (κ1) is 16.6. The first-order chi connectivity index (χ1) is 9.72. The molecule has 3 heterocycles. The summed E-state index contributed by atoms with van der Waals surface area (Å²) in [6, 6.07) is 0. The van der Waals surface area contributed by atoms with Crippen molar-refractivity contribution in [2.75, 3.05) is 13.1 Å². The Bertz CT molecular complexity index is 465. The van der Waals surface area contributed by atoms with E-state index < -0.39 is 0 Å². The highest BCUT2D eigenvalue weighted by Gasteiger charge is 2.17. The van der Waals surface area contributed by atoms with Crippen molar-refractivity contribution in [3.63, 3.8) is 0 Å². The molecule has 2 aliphatic rings. The maximum Gasteiger partial charge on any atom is 0.191 e. The van der Waals surface area contributed by atoms with Crippen LogP contribution in [0.4, 0.5) is 0 Å². The lowest BCUT2D eigenvalue weighted by atomic mass is 10.00. The Labute approximate surface area is 144 Å². The molecule has 0 bridgehead atoms. The quantitative estimate of drug-likeness (QED) is 0.469. The number of guanidine groups is 1. The number of aryl methyl sites for hydroxylation is 2. The van der Waals surface area contributed by atoms with Crippen LogP contribution in [0, 0.1) is 5.92 Å². The number of piperidine rings is 1. The number of fused-ring (bicyclic) bond motifs is 1. The molecule has 118 valence electrons. The van der Waals surface area contributed by atoms with Gasteiger partial charge in [-0.25, -0.2) is 9.98 Å². The van der Waals surface area contributed by atoms with Crippen LogP contribution in [0.25, 0.3) is 0 Å². The second-order valence-electron chi connectivity index (χ2n) is 6.14. The van der Waals surface area contributed by atoms with Gasteiger partial charge in [-0.1, -0.05) is 6.92 Å². The Morgan fingerprint density at radius 2 is 2.10 bits per heavy atom. The Morgan fingerprint density at radius 3 is 2.81 bits per heavy atom. The van der Waals surface area contributed by atoms with Crippen LogP contribution in [0.5, 0.6) is 0 Å². The van der Waals surface area contributed by atoms with Gasteiger partial charge in [-0.2, -0.15) is 0 Å². The van der Waals surface area contributed by atoms with E-state index in [2.05, 4.69) is 32.6 Å². The monoisotopic (exact) mass is 403 g/mol. The van der Waals surface area contributed by atoms with Crippen molar-refractivity contribution in [3.05, 3.63) is 17.7 Å². The molecule has 0 aromatic carbocycles. The van der Waals surface area contributed by atoms with E-state index in [9.17, 15) is 0 Å². The normalized spacial score (nSPS) is 20.0. The van der Waals surface area contributed by atoms with E-state index in [1.165, 1.54) is 31.5 Å². The van der Waals surface area contributed by atoms with E-state index >= 15 is 0 Å². The van der Waals surface area contributed by atoms with E-state index in [1.807, 2.05) is 0 Å². The predicted octanol–water partition coefficient (Wildman–Crippen LogP) is 2.38. The zero-order chi connectivity index (χ0) is 13.9. The minimum atomic E-state index is 0. The summed E-state index contributed by atoms with van der Waals surface area (Å²) in [7, 11) is 0. The Balaban J connectivity index is 0.00000161. The van der Waals surface area contributed by atoms with Crippen LogP contribution in [0.1, 0.15) is 44.1 Å².